The molecule has 3 nitrogen and oxygen atoms in total. The van der Waals surface area contributed by atoms with Crippen molar-refractivity contribution < 1.29 is 9.84 Å². The van der Waals surface area contributed by atoms with Crippen LogP contribution >= 0.6 is 0 Å². The number of rotatable bonds is 4. The standard InChI is InChI=1S/C8H18BNO2/c9-2-1-8(11)5-7-6-12-4-3-10-7/h7-8,10-11H,1-6,9H2. The van der Waals surface area contributed by atoms with E-state index in [1.54, 1.807) is 0 Å². The molecule has 1 saturated heterocycles. The van der Waals surface area contributed by atoms with Gasteiger partial charge >= 0.3 is 0 Å². The SMILES string of the molecule is BCCC(O)CC1COCCN1. The van der Waals surface area contributed by atoms with E-state index in [1.807, 2.05) is 0 Å². The fourth-order valence-corrected chi connectivity index (χ4v) is 1.55. The Morgan fingerprint density at radius 2 is 2.50 bits per heavy atom. The number of hydrogen-bond donors (Lipinski definition) is 2. The van der Waals surface area contributed by atoms with Crippen LogP contribution < -0.4 is 5.32 Å². The first-order valence-corrected chi connectivity index (χ1v) is 4.82. The molecule has 0 bridgehead atoms. The average molecular weight is 171 g/mol. The Kier molecular flexibility index (Phi) is 4.65. The number of ether oxygens (including phenoxy) is 1. The minimum absolute atomic E-state index is 0.158. The van der Waals surface area contributed by atoms with Gasteiger partial charge < -0.3 is 15.2 Å². The summed E-state index contributed by atoms with van der Waals surface area (Å²) in [6, 6.07) is 0.361. The van der Waals surface area contributed by atoms with Crippen LogP contribution in [0.5, 0.6) is 0 Å². The van der Waals surface area contributed by atoms with Crippen molar-refractivity contribution in [3.8, 4) is 0 Å². The van der Waals surface area contributed by atoms with Gasteiger partial charge in [-0.1, -0.05) is 6.32 Å². The van der Waals surface area contributed by atoms with Crippen LogP contribution in [0.15, 0.2) is 0 Å². The highest BCUT2D eigenvalue weighted by atomic mass is 16.5. The molecular formula is C8H18BNO2. The summed E-state index contributed by atoms with van der Waals surface area (Å²) in [5, 5.41) is 12.8. The molecule has 4 heteroatoms. The molecule has 2 unspecified atom stereocenters. The molecule has 2 N–H and O–H groups in total. The number of aliphatic hydroxyl groups excluding tert-OH is 1. The van der Waals surface area contributed by atoms with Crippen LogP contribution in [0.1, 0.15) is 12.8 Å². The third-order valence-corrected chi connectivity index (χ3v) is 2.18. The predicted molar refractivity (Wildman–Crippen MR) is 51.2 cm³/mol. The fourth-order valence-electron chi connectivity index (χ4n) is 1.55. The van der Waals surface area contributed by atoms with Crippen molar-refractivity contribution in [2.45, 2.75) is 31.3 Å². The number of nitrogens with one attached hydrogen (secondary N) is 1. The highest BCUT2D eigenvalue weighted by Gasteiger charge is 2.16. The van der Waals surface area contributed by atoms with Crippen molar-refractivity contribution in [3.63, 3.8) is 0 Å². The van der Waals surface area contributed by atoms with Crippen molar-refractivity contribution in [1.82, 2.24) is 5.32 Å². The summed E-state index contributed by atoms with van der Waals surface area (Å²) in [7, 11) is 2.09. The predicted octanol–water partition coefficient (Wildman–Crippen LogP) is -0.833. The number of aliphatic hydroxyl groups is 1. The smallest absolute Gasteiger partial charge is 0.101 e. The highest BCUT2D eigenvalue weighted by molar-refractivity contribution is 6.08. The summed E-state index contributed by atoms with van der Waals surface area (Å²) >= 11 is 0. The Morgan fingerprint density at radius 3 is 3.08 bits per heavy atom. The van der Waals surface area contributed by atoms with Crippen LogP contribution in [-0.4, -0.2) is 44.9 Å². The molecule has 2 atom stereocenters. The van der Waals surface area contributed by atoms with Crippen molar-refractivity contribution in [3.05, 3.63) is 0 Å². The maximum Gasteiger partial charge on any atom is 0.101 e. The zero-order valence-electron chi connectivity index (χ0n) is 7.75. The van der Waals surface area contributed by atoms with Gasteiger partial charge in [0, 0.05) is 12.6 Å². The van der Waals surface area contributed by atoms with Crippen molar-refractivity contribution in [2.24, 2.45) is 0 Å². The van der Waals surface area contributed by atoms with Gasteiger partial charge in [0.2, 0.25) is 0 Å². The van der Waals surface area contributed by atoms with Gasteiger partial charge in [-0.05, 0) is 12.8 Å². The molecule has 1 heterocycles. The first-order chi connectivity index (χ1) is 5.83. The van der Waals surface area contributed by atoms with E-state index in [0.29, 0.717) is 6.04 Å². The second kappa shape index (κ2) is 5.57. The minimum atomic E-state index is -0.158. The van der Waals surface area contributed by atoms with Gasteiger partial charge in [0.15, 0.2) is 0 Å². The average Bonchev–Trinajstić information content (AvgIpc) is 2.06. The summed E-state index contributed by atoms with van der Waals surface area (Å²) in [6.07, 6.45) is 2.62. The maximum atomic E-state index is 9.51. The molecule has 0 radical (unpaired) electrons. The Hall–Kier alpha value is -0.0551. The molecule has 0 saturated carbocycles. The van der Waals surface area contributed by atoms with Gasteiger partial charge in [-0.15, -0.1) is 0 Å². The molecule has 1 rings (SSSR count). The molecule has 0 aromatic rings. The van der Waals surface area contributed by atoms with Gasteiger partial charge in [0.1, 0.15) is 7.85 Å². The zero-order chi connectivity index (χ0) is 8.81. The van der Waals surface area contributed by atoms with E-state index in [0.717, 1.165) is 38.9 Å². The zero-order valence-corrected chi connectivity index (χ0v) is 7.75. The Morgan fingerprint density at radius 1 is 1.67 bits per heavy atom. The molecule has 0 aliphatic carbocycles. The van der Waals surface area contributed by atoms with E-state index in [2.05, 4.69) is 13.2 Å². The van der Waals surface area contributed by atoms with Crippen LogP contribution in [0.3, 0.4) is 0 Å². The molecule has 70 valence electrons. The highest BCUT2D eigenvalue weighted by Crippen LogP contribution is 2.06. The summed E-state index contributed by atoms with van der Waals surface area (Å²) < 4.78 is 5.29. The molecule has 1 aliphatic rings. The lowest BCUT2D eigenvalue weighted by atomic mass is 9.96. The number of morpholine rings is 1. The third kappa shape index (κ3) is 3.56. The molecule has 0 amide bonds. The van der Waals surface area contributed by atoms with Crippen molar-refractivity contribution in [1.29, 1.82) is 0 Å². The van der Waals surface area contributed by atoms with Crippen molar-refractivity contribution in [2.75, 3.05) is 19.8 Å². The maximum absolute atomic E-state index is 9.51. The van der Waals surface area contributed by atoms with Crippen LogP contribution in [0.4, 0.5) is 0 Å². The van der Waals surface area contributed by atoms with Gasteiger partial charge in [-0.2, -0.15) is 0 Å². The largest absolute Gasteiger partial charge is 0.393 e. The Balaban J connectivity index is 2.11. The lowest BCUT2D eigenvalue weighted by molar-refractivity contribution is 0.0514. The molecular weight excluding hydrogens is 153 g/mol. The lowest BCUT2D eigenvalue weighted by Gasteiger charge is -2.25. The lowest BCUT2D eigenvalue weighted by Crippen LogP contribution is -2.43. The summed E-state index contributed by atoms with van der Waals surface area (Å²) in [4.78, 5) is 0. The molecule has 0 aromatic heterocycles. The summed E-state index contributed by atoms with van der Waals surface area (Å²) in [5.41, 5.74) is 0. The van der Waals surface area contributed by atoms with Crippen LogP contribution in [0.2, 0.25) is 6.32 Å². The van der Waals surface area contributed by atoms with E-state index in [-0.39, 0.29) is 6.10 Å². The van der Waals surface area contributed by atoms with Gasteiger partial charge in [-0.3, -0.25) is 0 Å². The molecule has 0 aromatic carbocycles. The summed E-state index contributed by atoms with van der Waals surface area (Å²) in [6.45, 7) is 2.48. The second-order valence-electron chi connectivity index (χ2n) is 3.40. The van der Waals surface area contributed by atoms with Crippen LogP contribution in [0.25, 0.3) is 0 Å². The first-order valence-electron chi connectivity index (χ1n) is 4.82. The van der Waals surface area contributed by atoms with E-state index in [4.69, 9.17) is 4.74 Å². The number of hydrogen-bond acceptors (Lipinski definition) is 3. The molecule has 12 heavy (non-hydrogen) atoms. The minimum Gasteiger partial charge on any atom is -0.393 e. The molecule has 0 spiro atoms. The van der Waals surface area contributed by atoms with Gasteiger partial charge in [0.05, 0.1) is 19.3 Å². The Labute approximate surface area is 74.9 Å². The molecule has 1 aliphatic heterocycles. The fraction of sp³-hybridized carbons (Fsp3) is 1.00. The monoisotopic (exact) mass is 171 g/mol. The van der Waals surface area contributed by atoms with E-state index in [9.17, 15) is 5.11 Å². The summed E-state index contributed by atoms with van der Waals surface area (Å²) in [5.74, 6) is 0. The first kappa shape index (κ1) is 10.0. The van der Waals surface area contributed by atoms with E-state index in [1.165, 1.54) is 0 Å². The normalized spacial score (nSPS) is 26.9. The van der Waals surface area contributed by atoms with E-state index >= 15 is 0 Å². The van der Waals surface area contributed by atoms with Crippen LogP contribution in [-0.2, 0) is 4.74 Å². The van der Waals surface area contributed by atoms with Crippen LogP contribution in [0, 0.1) is 0 Å². The van der Waals surface area contributed by atoms with Crippen molar-refractivity contribution >= 4 is 7.85 Å². The van der Waals surface area contributed by atoms with Gasteiger partial charge in [0.25, 0.3) is 0 Å². The van der Waals surface area contributed by atoms with Gasteiger partial charge in [-0.25, -0.2) is 0 Å². The topological polar surface area (TPSA) is 41.5 Å². The molecule has 1 fully saturated rings. The van der Waals surface area contributed by atoms with E-state index < -0.39 is 0 Å². The Bertz CT molecular complexity index is 118. The third-order valence-electron chi connectivity index (χ3n) is 2.18. The second-order valence-corrected chi connectivity index (χ2v) is 3.40. The quantitative estimate of drug-likeness (QED) is 0.542.